The number of hydrogen-bond donors (Lipinski definition) is 1. The lowest BCUT2D eigenvalue weighted by Gasteiger charge is -2.29. The molecular formula is C14H21NO. The quantitative estimate of drug-likeness (QED) is 0.844. The van der Waals surface area contributed by atoms with Gasteiger partial charge >= 0.3 is 0 Å². The van der Waals surface area contributed by atoms with E-state index in [1.807, 2.05) is 7.05 Å². The predicted molar refractivity (Wildman–Crippen MR) is 66.9 cm³/mol. The van der Waals surface area contributed by atoms with Crippen molar-refractivity contribution in [1.82, 2.24) is 5.32 Å². The first kappa shape index (κ1) is 11.5. The molecule has 2 atom stereocenters. The molecule has 1 aliphatic rings. The zero-order valence-electron chi connectivity index (χ0n) is 10.2. The van der Waals surface area contributed by atoms with Crippen LogP contribution >= 0.6 is 0 Å². The van der Waals surface area contributed by atoms with Gasteiger partial charge in [-0.1, -0.05) is 12.1 Å². The van der Waals surface area contributed by atoms with Crippen molar-refractivity contribution in [2.24, 2.45) is 0 Å². The minimum atomic E-state index is 0.382. The Kier molecular flexibility index (Phi) is 3.83. The molecule has 2 unspecified atom stereocenters. The van der Waals surface area contributed by atoms with E-state index in [1.165, 1.54) is 24.8 Å². The van der Waals surface area contributed by atoms with Crippen LogP contribution in [-0.4, -0.2) is 19.2 Å². The van der Waals surface area contributed by atoms with Gasteiger partial charge in [-0.25, -0.2) is 0 Å². The fraction of sp³-hybridized carbons (Fsp3) is 0.571. The lowest BCUT2D eigenvalue weighted by atomic mass is 9.93. The number of aryl methyl sites for hydroxylation is 1. The Labute approximate surface area is 98.0 Å². The minimum Gasteiger partial charge on any atom is -0.490 e. The van der Waals surface area contributed by atoms with E-state index in [0.717, 1.165) is 12.2 Å². The van der Waals surface area contributed by atoms with Crippen LogP contribution in [0.2, 0.25) is 0 Å². The van der Waals surface area contributed by atoms with Crippen LogP contribution < -0.4 is 10.1 Å². The molecule has 2 rings (SSSR count). The second kappa shape index (κ2) is 5.35. The van der Waals surface area contributed by atoms with Gasteiger partial charge in [0, 0.05) is 6.04 Å². The van der Waals surface area contributed by atoms with Crippen molar-refractivity contribution < 1.29 is 4.74 Å². The predicted octanol–water partition coefficient (Wildman–Crippen LogP) is 2.90. The number of hydrogen-bond acceptors (Lipinski definition) is 2. The second-order valence-electron chi connectivity index (χ2n) is 4.71. The summed E-state index contributed by atoms with van der Waals surface area (Å²) in [7, 11) is 2.04. The maximum absolute atomic E-state index is 6.03. The highest BCUT2D eigenvalue weighted by Gasteiger charge is 2.21. The van der Waals surface area contributed by atoms with Gasteiger partial charge in [-0.3, -0.25) is 0 Å². The SMILES string of the molecule is CNC1CCCC(Oc2cccc(C)c2)C1. The van der Waals surface area contributed by atoms with E-state index < -0.39 is 0 Å². The fourth-order valence-electron chi connectivity index (χ4n) is 2.40. The lowest BCUT2D eigenvalue weighted by molar-refractivity contribution is 0.137. The molecule has 0 amide bonds. The van der Waals surface area contributed by atoms with E-state index in [1.54, 1.807) is 0 Å². The molecule has 16 heavy (non-hydrogen) atoms. The second-order valence-corrected chi connectivity index (χ2v) is 4.71. The summed E-state index contributed by atoms with van der Waals surface area (Å²) in [5.74, 6) is 1.02. The first-order valence-corrected chi connectivity index (χ1v) is 6.18. The van der Waals surface area contributed by atoms with E-state index >= 15 is 0 Å². The lowest BCUT2D eigenvalue weighted by Crippen LogP contribution is -2.36. The molecule has 0 heterocycles. The zero-order chi connectivity index (χ0) is 11.4. The van der Waals surface area contributed by atoms with Crippen LogP contribution in [-0.2, 0) is 0 Å². The summed E-state index contributed by atoms with van der Waals surface area (Å²) in [6, 6.07) is 8.95. The van der Waals surface area contributed by atoms with Crippen molar-refractivity contribution >= 4 is 0 Å². The van der Waals surface area contributed by atoms with Gasteiger partial charge in [-0.05, 0) is 57.4 Å². The first-order chi connectivity index (χ1) is 7.78. The van der Waals surface area contributed by atoms with Gasteiger partial charge in [0.15, 0.2) is 0 Å². The molecule has 2 nitrogen and oxygen atoms in total. The Morgan fingerprint density at radius 2 is 2.19 bits per heavy atom. The zero-order valence-corrected chi connectivity index (χ0v) is 10.2. The van der Waals surface area contributed by atoms with E-state index in [0.29, 0.717) is 12.1 Å². The van der Waals surface area contributed by atoms with Crippen LogP contribution in [0.15, 0.2) is 24.3 Å². The van der Waals surface area contributed by atoms with E-state index in [4.69, 9.17) is 4.74 Å². The molecule has 1 saturated carbocycles. The topological polar surface area (TPSA) is 21.3 Å². The monoisotopic (exact) mass is 219 g/mol. The van der Waals surface area contributed by atoms with Crippen LogP contribution in [0.1, 0.15) is 31.2 Å². The molecule has 1 aromatic rings. The smallest absolute Gasteiger partial charge is 0.119 e. The number of rotatable bonds is 3. The summed E-state index contributed by atoms with van der Waals surface area (Å²) in [5, 5.41) is 3.35. The normalized spacial score (nSPS) is 25.4. The Morgan fingerprint density at radius 1 is 1.31 bits per heavy atom. The molecule has 2 heteroatoms. The van der Waals surface area contributed by atoms with E-state index in [2.05, 4.69) is 36.5 Å². The molecular weight excluding hydrogens is 198 g/mol. The summed E-state index contributed by atoms with van der Waals surface area (Å²) in [6.07, 6.45) is 5.25. The molecule has 0 radical (unpaired) electrons. The Balaban J connectivity index is 1.94. The number of benzene rings is 1. The highest BCUT2D eigenvalue weighted by atomic mass is 16.5. The van der Waals surface area contributed by atoms with Gasteiger partial charge in [0.25, 0.3) is 0 Å². The molecule has 88 valence electrons. The van der Waals surface area contributed by atoms with Crippen molar-refractivity contribution in [2.75, 3.05) is 7.05 Å². The van der Waals surface area contributed by atoms with Gasteiger partial charge in [-0.2, -0.15) is 0 Å². The van der Waals surface area contributed by atoms with Crippen LogP contribution in [0.3, 0.4) is 0 Å². The van der Waals surface area contributed by atoms with Crippen molar-refractivity contribution in [1.29, 1.82) is 0 Å². The van der Waals surface area contributed by atoms with Gasteiger partial charge in [0.05, 0.1) is 0 Å². The largest absolute Gasteiger partial charge is 0.490 e. The maximum Gasteiger partial charge on any atom is 0.119 e. The Bertz CT molecular complexity index is 337. The minimum absolute atomic E-state index is 0.382. The van der Waals surface area contributed by atoms with Gasteiger partial charge in [-0.15, -0.1) is 0 Å². The van der Waals surface area contributed by atoms with Crippen LogP contribution in [0.5, 0.6) is 5.75 Å². The van der Waals surface area contributed by atoms with Crippen molar-refractivity contribution in [2.45, 2.75) is 44.8 Å². The molecule has 0 aliphatic heterocycles. The molecule has 1 fully saturated rings. The average molecular weight is 219 g/mol. The highest BCUT2D eigenvalue weighted by Crippen LogP contribution is 2.24. The highest BCUT2D eigenvalue weighted by molar-refractivity contribution is 5.27. The molecule has 1 N–H and O–H groups in total. The van der Waals surface area contributed by atoms with Crippen molar-refractivity contribution in [3.8, 4) is 5.75 Å². The summed E-state index contributed by atoms with van der Waals surface area (Å²) in [6.45, 7) is 2.10. The third-order valence-electron chi connectivity index (χ3n) is 3.33. The Morgan fingerprint density at radius 3 is 2.94 bits per heavy atom. The molecule has 0 aromatic heterocycles. The van der Waals surface area contributed by atoms with Crippen LogP contribution in [0.4, 0.5) is 0 Å². The first-order valence-electron chi connectivity index (χ1n) is 6.18. The molecule has 0 bridgehead atoms. The van der Waals surface area contributed by atoms with Crippen molar-refractivity contribution in [3.05, 3.63) is 29.8 Å². The van der Waals surface area contributed by atoms with Gasteiger partial charge in [0.1, 0.15) is 11.9 Å². The average Bonchev–Trinajstić information content (AvgIpc) is 2.29. The number of ether oxygens (including phenoxy) is 1. The van der Waals surface area contributed by atoms with Crippen LogP contribution in [0, 0.1) is 6.92 Å². The van der Waals surface area contributed by atoms with Crippen molar-refractivity contribution in [3.63, 3.8) is 0 Å². The summed E-state index contributed by atoms with van der Waals surface area (Å²) < 4.78 is 6.03. The summed E-state index contributed by atoms with van der Waals surface area (Å²) in [4.78, 5) is 0. The summed E-state index contributed by atoms with van der Waals surface area (Å²) in [5.41, 5.74) is 1.26. The van der Waals surface area contributed by atoms with E-state index in [9.17, 15) is 0 Å². The Hall–Kier alpha value is -1.02. The maximum atomic E-state index is 6.03. The van der Waals surface area contributed by atoms with Gasteiger partial charge in [0.2, 0.25) is 0 Å². The van der Waals surface area contributed by atoms with E-state index in [-0.39, 0.29) is 0 Å². The van der Waals surface area contributed by atoms with Crippen LogP contribution in [0.25, 0.3) is 0 Å². The molecule has 0 spiro atoms. The molecule has 0 saturated heterocycles. The fourth-order valence-corrected chi connectivity index (χ4v) is 2.40. The summed E-state index contributed by atoms with van der Waals surface area (Å²) >= 11 is 0. The third-order valence-corrected chi connectivity index (χ3v) is 3.33. The number of nitrogens with one attached hydrogen (secondary N) is 1. The molecule has 1 aromatic carbocycles. The van der Waals surface area contributed by atoms with Gasteiger partial charge < -0.3 is 10.1 Å². The third kappa shape index (κ3) is 2.99. The molecule has 1 aliphatic carbocycles. The standard InChI is InChI=1S/C14H21NO/c1-11-5-3-7-13(9-11)16-14-8-4-6-12(10-14)15-2/h3,5,7,9,12,14-15H,4,6,8,10H2,1-2H3.